The molecule has 2 amide bonds. The second-order valence-electron chi connectivity index (χ2n) is 7.99. The zero-order valence-electron chi connectivity index (χ0n) is 16.6. The van der Waals surface area contributed by atoms with Gasteiger partial charge in [0.1, 0.15) is 0 Å². The summed E-state index contributed by atoms with van der Waals surface area (Å²) in [5, 5.41) is 2.86. The molecule has 0 aromatic carbocycles. The van der Waals surface area contributed by atoms with E-state index in [4.69, 9.17) is 0 Å². The van der Waals surface area contributed by atoms with Crippen LogP contribution in [0.1, 0.15) is 36.0 Å². The smallest absolute Gasteiger partial charge is 0.257 e. The summed E-state index contributed by atoms with van der Waals surface area (Å²) in [6, 6.07) is 0. The third-order valence-corrected chi connectivity index (χ3v) is 5.64. The van der Waals surface area contributed by atoms with Crippen molar-refractivity contribution in [3.63, 3.8) is 0 Å². The summed E-state index contributed by atoms with van der Waals surface area (Å²) in [4.78, 5) is 39.6. The van der Waals surface area contributed by atoms with Crippen LogP contribution >= 0.6 is 0 Å². The molecule has 2 saturated heterocycles. The van der Waals surface area contributed by atoms with E-state index in [9.17, 15) is 9.59 Å². The van der Waals surface area contributed by atoms with Crippen molar-refractivity contribution in [1.29, 1.82) is 0 Å². The zero-order valence-corrected chi connectivity index (χ0v) is 16.6. The quantitative estimate of drug-likeness (QED) is 0.826. The van der Waals surface area contributed by atoms with E-state index in [1.807, 2.05) is 23.9 Å². The van der Waals surface area contributed by atoms with E-state index in [-0.39, 0.29) is 17.2 Å². The van der Waals surface area contributed by atoms with Crippen molar-refractivity contribution in [3.8, 4) is 0 Å². The summed E-state index contributed by atoms with van der Waals surface area (Å²) in [6.45, 7) is 3.81. The molecule has 8 heteroatoms. The first kappa shape index (κ1) is 19.5. The first-order valence-electron chi connectivity index (χ1n) is 9.64. The molecular weight excluding hydrogens is 344 g/mol. The zero-order chi connectivity index (χ0) is 19.4. The van der Waals surface area contributed by atoms with E-state index in [2.05, 4.69) is 20.2 Å². The average Bonchev–Trinajstić information content (AvgIpc) is 2.68. The van der Waals surface area contributed by atoms with Crippen LogP contribution in [0.3, 0.4) is 0 Å². The molecule has 0 radical (unpaired) electrons. The monoisotopic (exact) mass is 374 g/mol. The number of rotatable bonds is 5. The summed E-state index contributed by atoms with van der Waals surface area (Å²) in [5.74, 6) is 0.722. The van der Waals surface area contributed by atoms with Gasteiger partial charge in [-0.05, 0) is 33.4 Å². The van der Waals surface area contributed by atoms with Crippen LogP contribution < -0.4 is 5.32 Å². The molecule has 8 nitrogen and oxygen atoms in total. The Morgan fingerprint density at radius 3 is 2.67 bits per heavy atom. The molecule has 1 atom stereocenters. The lowest BCUT2D eigenvalue weighted by Crippen LogP contribution is -2.55. The maximum atomic E-state index is 12.9. The molecule has 3 rings (SSSR count). The molecular formula is C19H30N6O2. The van der Waals surface area contributed by atoms with Crippen molar-refractivity contribution in [3.05, 3.63) is 18.0 Å². The molecule has 0 bridgehead atoms. The Balaban J connectivity index is 1.68. The van der Waals surface area contributed by atoms with Crippen molar-refractivity contribution in [2.45, 2.75) is 25.7 Å². The maximum Gasteiger partial charge on any atom is 0.257 e. The number of carbonyl (C=O) groups is 2. The molecule has 2 fully saturated rings. The Morgan fingerprint density at radius 2 is 2.00 bits per heavy atom. The number of anilines is 1. The van der Waals surface area contributed by atoms with E-state index in [1.54, 1.807) is 19.4 Å². The third-order valence-electron chi connectivity index (χ3n) is 5.64. The fourth-order valence-electron chi connectivity index (χ4n) is 4.09. The molecule has 1 spiro atoms. The van der Waals surface area contributed by atoms with E-state index >= 15 is 0 Å². The number of carbonyl (C=O) groups excluding carboxylic acids is 2. The van der Waals surface area contributed by atoms with Crippen LogP contribution in [0.5, 0.6) is 0 Å². The number of likely N-dealkylation sites (tertiary alicyclic amines) is 2. The second kappa shape index (κ2) is 8.21. The topological polar surface area (TPSA) is 81.7 Å². The highest BCUT2D eigenvalue weighted by Crippen LogP contribution is 2.39. The lowest BCUT2D eigenvalue weighted by atomic mass is 9.73. The Bertz CT molecular complexity index is 677. The van der Waals surface area contributed by atoms with Crippen LogP contribution in [0.25, 0.3) is 0 Å². The largest absolute Gasteiger partial charge is 0.357 e. The number of nitrogens with zero attached hydrogens (tertiary/aromatic N) is 5. The van der Waals surface area contributed by atoms with Crippen molar-refractivity contribution in [1.82, 2.24) is 24.7 Å². The van der Waals surface area contributed by atoms with Crippen LogP contribution in [0.2, 0.25) is 0 Å². The molecule has 1 aromatic heterocycles. The second-order valence-corrected chi connectivity index (χ2v) is 7.99. The first-order valence-corrected chi connectivity index (χ1v) is 9.64. The molecule has 1 N–H and O–H groups in total. The minimum absolute atomic E-state index is 0.0138. The molecule has 27 heavy (non-hydrogen) atoms. The lowest BCUT2D eigenvalue weighted by Gasteiger charge is -2.48. The summed E-state index contributed by atoms with van der Waals surface area (Å²) in [7, 11) is 5.79. The van der Waals surface area contributed by atoms with Crippen molar-refractivity contribution < 1.29 is 9.59 Å². The Labute approximate surface area is 160 Å². The molecule has 1 aromatic rings. The SMILES string of the molecule is CNc1ncc(C(=O)N2CCC[C@@]3(CCC(=O)N(CCN(C)C)C3)C2)cn1. The lowest BCUT2D eigenvalue weighted by molar-refractivity contribution is -0.139. The minimum atomic E-state index is -0.0199. The van der Waals surface area contributed by atoms with Gasteiger partial charge in [0.15, 0.2) is 0 Å². The highest BCUT2D eigenvalue weighted by Gasteiger charge is 2.42. The van der Waals surface area contributed by atoms with Gasteiger partial charge in [-0.25, -0.2) is 9.97 Å². The van der Waals surface area contributed by atoms with Gasteiger partial charge in [-0.2, -0.15) is 0 Å². The maximum absolute atomic E-state index is 12.9. The average molecular weight is 374 g/mol. The predicted molar refractivity (Wildman–Crippen MR) is 104 cm³/mol. The summed E-state index contributed by atoms with van der Waals surface area (Å²) in [5.41, 5.74) is 0.530. The molecule has 0 aliphatic carbocycles. The fraction of sp³-hybridized carbons (Fsp3) is 0.684. The Hall–Kier alpha value is -2.22. The highest BCUT2D eigenvalue weighted by molar-refractivity contribution is 5.93. The van der Waals surface area contributed by atoms with Crippen LogP contribution in [0, 0.1) is 5.41 Å². The summed E-state index contributed by atoms with van der Waals surface area (Å²) < 4.78 is 0. The molecule has 148 valence electrons. The van der Waals surface area contributed by atoms with Crippen LogP contribution in [0.15, 0.2) is 12.4 Å². The number of aromatic nitrogens is 2. The third kappa shape index (κ3) is 4.55. The fourth-order valence-corrected chi connectivity index (χ4v) is 4.09. The van der Waals surface area contributed by atoms with E-state index < -0.39 is 0 Å². The van der Waals surface area contributed by atoms with Crippen molar-refractivity contribution in [2.24, 2.45) is 5.41 Å². The standard InChI is InChI=1S/C19H30N6O2/c1-20-18-21-11-15(12-22-18)17(27)25-8-4-6-19(14-25)7-5-16(26)24(13-19)10-9-23(2)3/h11-12H,4-10,13-14H2,1-3H3,(H,20,21,22)/t19-/m0/s1. The van der Waals surface area contributed by atoms with Crippen LogP contribution in [-0.2, 0) is 4.79 Å². The number of hydrogen-bond donors (Lipinski definition) is 1. The Kier molecular flexibility index (Phi) is 5.94. The molecule has 2 aliphatic rings. The molecule has 0 unspecified atom stereocenters. The normalized spacial score (nSPS) is 23.2. The van der Waals surface area contributed by atoms with Crippen molar-refractivity contribution in [2.75, 3.05) is 59.2 Å². The van der Waals surface area contributed by atoms with E-state index in [1.165, 1.54) is 0 Å². The first-order chi connectivity index (χ1) is 12.9. The number of amides is 2. The number of nitrogens with one attached hydrogen (secondary N) is 1. The van der Waals surface area contributed by atoms with Gasteiger partial charge in [0.2, 0.25) is 11.9 Å². The summed E-state index contributed by atoms with van der Waals surface area (Å²) >= 11 is 0. The van der Waals surface area contributed by atoms with Gasteiger partial charge in [0.05, 0.1) is 5.56 Å². The van der Waals surface area contributed by atoms with Gasteiger partial charge in [-0.1, -0.05) is 0 Å². The van der Waals surface area contributed by atoms with E-state index in [0.717, 1.165) is 45.4 Å². The molecule has 2 aliphatic heterocycles. The highest BCUT2D eigenvalue weighted by atomic mass is 16.2. The van der Waals surface area contributed by atoms with Gasteiger partial charge in [-0.3, -0.25) is 9.59 Å². The van der Waals surface area contributed by atoms with Crippen LogP contribution in [-0.4, -0.2) is 90.3 Å². The van der Waals surface area contributed by atoms with Gasteiger partial charge < -0.3 is 20.0 Å². The summed E-state index contributed by atoms with van der Waals surface area (Å²) in [6.07, 6.45) is 6.64. The van der Waals surface area contributed by atoms with Crippen LogP contribution in [0.4, 0.5) is 5.95 Å². The van der Waals surface area contributed by atoms with E-state index in [0.29, 0.717) is 24.5 Å². The van der Waals surface area contributed by atoms with Crippen molar-refractivity contribution >= 4 is 17.8 Å². The van der Waals surface area contributed by atoms with Gasteiger partial charge in [-0.15, -0.1) is 0 Å². The molecule has 0 saturated carbocycles. The van der Waals surface area contributed by atoms with Gasteiger partial charge in [0.25, 0.3) is 5.91 Å². The minimum Gasteiger partial charge on any atom is -0.357 e. The van der Waals surface area contributed by atoms with Gasteiger partial charge in [0, 0.05) is 64.0 Å². The number of piperidine rings is 2. The number of hydrogen-bond acceptors (Lipinski definition) is 6. The Morgan fingerprint density at radius 1 is 1.26 bits per heavy atom. The molecule has 3 heterocycles. The van der Waals surface area contributed by atoms with Gasteiger partial charge >= 0.3 is 0 Å². The number of likely N-dealkylation sites (N-methyl/N-ethyl adjacent to an activating group) is 1. The predicted octanol–water partition coefficient (Wildman–Crippen LogP) is 0.925.